The van der Waals surface area contributed by atoms with Crippen molar-refractivity contribution in [2.24, 2.45) is 0 Å². The lowest BCUT2D eigenvalue weighted by Gasteiger charge is -2.35. The van der Waals surface area contributed by atoms with E-state index < -0.39 is 8.07 Å². The normalized spacial score (nSPS) is 11.6. The molecule has 1 nitrogen and oxygen atoms in total. The fourth-order valence-corrected chi connectivity index (χ4v) is 12.0. The summed E-state index contributed by atoms with van der Waals surface area (Å²) in [6.07, 6.45) is 0. The van der Waals surface area contributed by atoms with Crippen molar-refractivity contribution in [3.63, 3.8) is 0 Å². The minimum atomic E-state index is -2.81. The van der Waals surface area contributed by atoms with Gasteiger partial charge >= 0.3 is 0 Å². The molecule has 0 N–H and O–H groups in total. The van der Waals surface area contributed by atoms with E-state index in [0.717, 1.165) is 0 Å². The first kappa shape index (κ1) is 26.2. The fourth-order valence-electron chi connectivity index (χ4n) is 7.07. The van der Waals surface area contributed by atoms with E-state index in [1.807, 2.05) is 0 Å². The van der Waals surface area contributed by atoms with E-state index in [9.17, 15) is 0 Å². The molecule has 44 heavy (non-hydrogen) atoms. The Balaban J connectivity index is 1.51. The lowest BCUT2D eigenvalue weighted by atomic mass is 10.1. The largest absolute Gasteiger partial charge is 0.309 e. The molecule has 0 saturated heterocycles. The second kappa shape index (κ2) is 11.0. The summed E-state index contributed by atoms with van der Waals surface area (Å²) in [5, 5.41) is 8.15. The lowest BCUT2D eigenvalue weighted by molar-refractivity contribution is 1.18. The Morgan fingerprint density at radius 3 is 1.45 bits per heavy atom. The van der Waals surface area contributed by atoms with Crippen molar-refractivity contribution in [2.45, 2.75) is 0 Å². The Bertz CT molecular complexity index is 2150. The highest BCUT2D eigenvalue weighted by molar-refractivity contribution is 7.20. The zero-order valence-corrected chi connectivity index (χ0v) is 25.3. The van der Waals surface area contributed by atoms with E-state index in [4.69, 9.17) is 0 Å². The van der Waals surface area contributed by atoms with Crippen LogP contribution in [-0.4, -0.2) is 12.6 Å². The Morgan fingerprint density at radius 1 is 0.341 bits per heavy atom. The molecule has 1 aromatic heterocycles. The number of benzene rings is 7. The summed E-state index contributed by atoms with van der Waals surface area (Å²) in [6.45, 7) is 0. The molecule has 0 aliphatic carbocycles. The van der Waals surface area contributed by atoms with Crippen LogP contribution in [0.5, 0.6) is 0 Å². The molecule has 0 amide bonds. The van der Waals surface area contributed by atoms with Gasteiger partial charge in [-0.25, -0.2) is 0 Å². The third-order valence-corrected chi connectivity index (χ3v) is 13.8. The molecule has 0 saturated carbocycles. The van der Waals surface area contributed by atoms with Crippen LogP contribution in [0.1, 0.15) is 0 Å². The lowest BCUT2D eigenvalue weighted by Crippen LogP contribution is -2.74. The van der Waals surface area contributed by atoms with E-state index in [2.05, 4.69) is 193 Å². The quantitative estimate of drug-likeness (QED) is 0.140. The van der Waals surface area contributed by atoms with Gasteiger partial charge in [0.1, 0.15) is 0 Å². The SMILES string of the molecule is c1ccc(-c2ccc([Si](c3ccccc3)(c3ccccc3)c3cccc4c3c3ccccc3n4-c3ccccc3)cc2)cc1. The number of aromatic nitrogens is 1. The standard InChI is InChI=1S/C42H31NSi/c1-5-16-32(17-6-1)33-28-30-37(31-29-33)44(35-20-9-3-10-21-35,36-22-11-4-12-23-36)41-27-15-26-40-42(41)38-24-13-14-25-39(38)43(40)34-18-7-2-8-19-34/h1-31H. The molecule has 0 spiro atoms. The van der Waals surface area contributed by atoms with Crippen LogP contribution in [0.25, 0.3) is 38.6 Å². The molecule has 2 heteroatoms. The van der Waals surface area contributed by atoms with Crippen LogP contribution in [0, 0.1) is 0 Å². The fraction of sp³-hybridized carbons (Fsp3) is 0. The molecule has 0 fully saturated rings. The smallest absolute Gasteiger partial charge is 0.180 e. The maximum Gasteiger partial charge on any atom is 0.180 e. The summed E-state index contributed by atoms with van der Waals surface area (Å²) in [7, 11) is -2.81. The molecule has 208 valence electrons. The van der Waals surface area contributed by atoms with Crippen LogP contribution in [0.4, 0.5) is 0 Å². The molecule has 0 atom stereocenters. The van der Waals surface area contributed by atoms with Crippen LogP contribution >= 0.6 is 0 Å². The van der Waals surface area contributed by atoms with Crippen molar-refractivity contribution in [3.05, 3.63) is 188 Å². The summed E-state index contributed by atoms with van der Waals surface area (Å²) in [4.78, 5) is 0. The highest BCUT2D eigenvalue weighted by atomic mass is 28.3. The van der Waals surface area contributed by atoms with Crippen LogP contribution < -0.4 is 20.7 Å². The van der Waals surface area contributed by atoms with Crippen LogP contribution in [0.15, 0.2) is 188 Å². The maximum absolute atomic E-state index is 2.81. The monoisotopic (exact) mass is 577 g/mol. The second-order valence-electron chi connectivity index (χ2n) is 11.3. The highest BCUT2D eigenvalue weighted by Gasteiger charge is 2.43. The maximum atomic E-state index is 2.43. The van der Waals surface area contributed by atoms with Crippen molar-refractivity contribution in [3.8, 4) is 16.8 Å². The Kier molecular flexibility index (Phi) is 6.55. The minimum Gasteiger partial charge on any atom is -0.309 e. The molecule has 0 unspecified atom stereocenters. The number of nitrogens with zero attached hydrogens (tertiary/aromatic N) is 1. The van der Waals surface area contributed by atoms with Crippen molar-refractivity contribution in [1.82, 2.24) is 4.57 Å². The Labute approximate surface area is 259 Å². The van der Waals surface area contributed by atoms with Gasteiger partial charge in [0.2, 0.25) is 0 Å². The Hall–Kier alpha value is -5.44. The molecule has 7 aromatic carbocycles. The van der Waals surface area contributed by atoms with Crippen LogP contribution in [-0.2, 0) is 0 Å². The Morgan fingerprint density at radius 2 is 0.818 bits per heavy atom. The molecule has 0 aliphatic heterocycles. The van der Waals surface area contributed by atoms with Gasteiger partial charge in [-0.05, 0) is 56.1 Å². The molecular weight excluding hydrogens is 547 g/mol. The molecule has 0 radical (unpaired) electrons. The summed E-state index contributed by atoms with van der Waals surface area (Å²) >= 11 is 0. The first-order chi connectivity index (χ1) is 21.9. The van der Waals surface area contributed by atoms with Gasteiger partial charge in [-0.2, -0.15) is 0 Å². The van der Waals surface area contributed by atoms with Crippen molar-refractivity contribution >= 4 is 50.6 Å². The minimum absolute atomic E-state index is 1.18. The number of hydrogen-bond donors (Lipinski definition) is 0. The zero-order chi connectivity index (χ0) is 29.3. The van der Waals surface area contributed by atoms with E-state index >= 15 is 0 Å². The summed E-state index contributed by atoms with van der Waals surface area (Å²) in [6, 6.07) is 69.1. The van der Waals surface area contributed by atoms with Gasteiger partial charge in [0.05, 0.1) is 11.0 Å². The number of rotatable bonds is 6. The van der Waals surface area contributed by atoms with Crippen molar-refractivity contribution in [1.29, 1.82) is 0 Å². The van der Waals surface area contributed by atoms with Gasteiger partial charge in [0, 0.05) is 16.5 Å². The molecule has 8 aromatic rings. The van der Waals surface area contributed by atoms with E-state index in [1.54, 1.807) is 0 Å². The molecule has 0 bridgehead atoms. The number of para-hydroxylation sites is 2. The predicted octanol–water partition coefficient (Wildman–Crippen LogP) is 7.83. The first-order valence-corrected chi connectivity index (χ1v) is 17.2. The summed E-state index contributed by atoms with van der Waals surface area (Å²) < 4.78 is 2.43. The topological polar surface area (TPSA) is 4.93 Å². The first-order valence-electron chi connectivity index (χ1n) is 15.2. The second-order valence-corrected chi connectivity index (χ2v) is 15.1. The summed E-state index contributed by atoms with van der Waals surface area (Å²) in [5.41, 5.74) is 6.11. The third-order valence-electron chi connectivity index (χ3n) is 8.95. The molecular formula is C42H31NSi. The van der Waals surface area contributed by atoms with Crippen LogP contribution in [0.2, 0.25) is 0 Å². The van der Waals surface area contributed by atoms with E-state index in [-0.39, 0.29) is 0 Å². The zero-order valence-electron chi connectivity index (χ0n) is 24.3. The van der Waals surface area contributed by atoms with Crippen LogP contribution in [0.3, 0.4) is 0 Å². The molecule has 1 heterocycles. The highest BCUT2D eigenvalue weighted by Crippen LogP contribution is 2.32. The number of fused-ring (bicyclic) bond motifs is 3. The summed E-state index contributed by atoms with van der Waals surface area (Å²) in [5.74, 6) is 0. The number of hydrogen-bond acceptors (Lipinski definition) is 0. The van der Waals surface area contributed by atoms with Gasteiger partial charge in [-0.1, -0.05) is 164 Å². The van der Waals surface area contributed by atoms with Gasteiger partial charge in [0.25, 0.3) is 0 Å². The van der Waals surface area contributed by atoms with Gasteiger partial charge in [-0.15, -0.1) is 0 Å². The van der Waals surface area contributed by atoms with Gasteiger partial charge in [0.15, 0.2) is 8.07 Å². The average Bonchev–Trinajstić information content (AvgIpc) is 3.46. The average molecular weight is 578 g/mol. The van der Waals surface area contributed by atoms with Crippen molar-refractivity contribution in [2.75, 3.05) is 0 Å². The molecule has 0 aliphatic rings. The third kappa shape index (κ3) is 4.15. The predicted molar refractivity (Wildman–Crippen MR) is 190 cm³/mol. The van der Waals surface area contributed by atoms with Gasteiger partial charge in [-0.3, -0.25) is 0 Å². The molecule has 8 rings (SSSR count). The van der Waals surface area contributed by atoms with E-state index in [1.165, 1.54) is 59.4 Å². The van der Waals surface area contributed by atoms with E-state index in [0.29, 0.717) is 0 Å². The van der Waals surface area contributed by atoms with Crippen molar-refractivity contribution < 1.29 is 0 Å². The van der Waals surface area contributed by atoms with Gasteiger partial charge < -0.3 is 4.57 Å².